The standard InChI is InChI=1S/C28H50O2S/c1-2-3-4-5-6-7-8-9-10-11-12-13-14-15-16-20-23-30-25-28(24-29)31-26-27-21-18-17-19-22-27/h17-19,21-22,28-29H,2-16,20,23-26H2,1H3/t28-/m0/s1. The molecule has 0 aliphatic heterocycles. The van der Waals surface area contributed by atoms with Gasteiger partial charge in [0.25, 0.3) is 0 Å². The van der Waals surface area contributed by atoms with Crippen LogP contribution in [0.2, 0.25) is 0 Å². The number of thioether (sulfide) groups is 1. The maximum Gasteiger partial charge on any atom is 0.0607 e. The summed E-state index contributed by atoms with van der Waals surface area (Å²) in [4.78, 5) is 0. The average molecular weight is 451 g/mol. The van der Waals surface area contributed by atoms with Crippen LogP contribution in [0.25, 0.3) is 0 Å². The molecule has 31 heavy (non-hydrogen) atoms. The molecule has 0 aromatic heterocycles. The molecule has 0 fully saturated rings. The Hall–Kier alpha value is -0.510. The highest BCUT2D eigenvalue weighted by Crippen LogP contribution is 2.18. The van der Waals surface area contributed by atoms with Crippen LogP contribution in [0.3, 0.4) is 0 Å². The van der Waals surface area contributed by atoms with Crippen molar-refractivity contribution in [3.8, 4) is 0 Å². The molecule has 1 rings (SSSR count). The molecule has 0 unspecified atom stereocenters. The van der Waals surface area contributed by atoms with E-state index in [2.05, 4.69) is 31.2 Å². The first-order valence-electron chi connectivity index (χ1n) is 13.2. The van der Waals surface area contributed by atoms with Gasteiger partial charge in [0.05, 0.1) is 18.5 Å². The summed E-state index contributed by atoms with van der Waals surface area (Å²) in [6, 6.07) is 10.5. The number of hydrogen-bond donors (Lipinski definition) is 1. The number of rotatable bonds is 23. The van der Waals surface area contributed by atoms with Gasteiger partial charge in [0.1, 0.15) is 0 Å². The quantitative estimate of drug-likeness (QED) is 0.169. The van der Waals surface area contributed by atoms with Crippen LogP contribution in [0.5, 0.6) is 0 Å². The van der Waals surface area contributed by atoms with Crippen LogP contribution in [-0.2, 0) is 10.5 Å². The first-order valence-corrected chi connectivity index (χ1v) is 14.3. The Balaban J connectivity index is 1.78. The fourth-order valence-corrected chi connectivity index (χ4v) is 4.83. The van der Waals surface area contributed by atoms with Crippen molar-refractivity contribution in [3.63, 3.8) is 0 Å². The lowest BCUT2D eigenvalue weighted by atomic mass is 10.0. The molecule has 0 heterocycles. The molecule has 0 aliphatic carbocycles. The lowest BCUT2D eigenvalue weighted by Crippen LogP contribution is -2.17. The van der Waals surface area contributed by atoms with Gasteiger partial charge < -0.3 is 9.84 Å². The third kappa shape index (κ3) is 18.7. The summed E-state index contributed by atoms with van der Waals surface area (Å²) in [7, 11) is 0. The zero-order valence-electron chi connectivity index (χ0n) is 20.4. The van der Waals surface area contributed by atoms with Gasteiger partial charge in [0.2, 0.25) is 0 Å². The van der Waals surface area contributed by atoms with E-state index in [4.69, 9.17) is 4.74 Å². The minimum Gasteiger partial charge on any atom is -0.395 e. The molecule has 1 N–H and O–H groups in total. The van der Waals surface area contributed by atoms with Crippen molar-refractivity contribution in [2.24, 2.45) is 0 Å². The molecule has 0 radical (unpaired) electrons. The van der Waals surface area contributed by atoms with Gasteiger partial charge in [-0.25, -0.2) is 0 Å². The smallest absolute Gasteiger partial charge is 0.0607 e. The van der Waals surface area contributed by atoms with Crippen molar-refractivity contribution in [2.75, 3.05) is 19.8 Å². The van der Waals surface area contributed by atoms with Gasteiger partial charge >= 0.3 is 0 Å². The molecule has 0 aliphatic rings. The van der Waals surface area contributed by atoms with Crippen molar-refractivity contribution in [3.05, 3.63) is 35.9 Å². The number of benzene rings is 1. The average Bonchev–Trinajstić information content (AvgIpc) is 2.81. The molecule has 1 aromatic carbocycles. The Morgan fingerprint density at radius 3 is 1.68 bits per heavy atom. The maximum absolute atomic E-state index is 9.55. The number of aliphatic hydroxyl groups is 1. The Bertz CT molecular complexity index is 465. The Kier molecular flexibility index (Phi) is 20.9. The molecule has 0 amide bonds. The third-order valence-corrected chi connectivity index (χ3v) is 7.23. The second-order valence-electron chi connectivity index (χ2n) is 8.98. The van der Waals surface area contributed by atoms with Crippen molar-refractivity contribution < 1.29 is 9.84 Å². The Morgan fingerprint density at radius 1 is 0.710 bits per heavy atom. The van der Waals surface area contributed by atoms with E-state index in [9.17, 15) is 5.11 Å². The number of unbranched alkanes of at least 4 members (excludes halogenated alkanes) is 15. The van der Waals surface area contributed by atoms with Crippen molar-refractivity contribution in [1.29, 1.82) is 0 Å². The van der Waals surface area contributed by atoms with E-state index in [-0.39, 0.29) is 11.9 Å². The number of hydrogen-bond acceptors (Lipinski definition) is 3. The van der Waals surface area contributed by atoms with Crippen molar-refractivity contribution in [1.82, 2.24) is 0 Å². The molecule has 1 atom stereocenters. The van der Waals surface area contributed by atoms with Gasteiger partial charge in [0.15, 0.2) is 0 Å². The van der Waals surface area contributed by atoms with E-state index >= 15 is 0 Å². The van der Waals surface area contributed by atoms with Gasteiger partial charge in [0, 0.05) is 12.4 Å². The van der Waals surface area contributed by atoms with E-state index in [0.717, 1.165) is 18.8 Å². The SMILES string of the molecule is CCCCCCCCCCCCCCCCCCOC[C@H](CO)SCc1ccccc1. The minimum absolute atomic E-state index is 0.182. The summed E-state index contributed by atoms with van der Waals surface area (Å²) in [5, 5.41) is 9.73. The molecule has 180 valence electrons. The van der Waals surface area contributed by atoms with Crippen LogP contribution in [0.1, 0.15) is 115 Å². The van der Waals surface area contributed by atoms with E-state index in [1.54, 1.807) is 11.8 Å². The third-order valence-electron chi connectivity index (χ3n) is 5.98. The summed E-state index contributed by atoms with van der Waals surface area (Å²) in [5.41, 5.74) is 1.31. The maximum atomic E-state index is 9.55. The first-order chi connectivity index (χ1) is 15.4. The van der Waals surface area contributed by atoms with Crippen LogP contribution < -0.4 is 0 Å². The summed E-state index contributed by atoms with van der Waals surface area (Å²) < 4.78 is 5.81. The van der Waals surface area contributed by atoms with Crippen LogP contribution in [-0.4, -0.2) is 30.2 Å². The van der Waals surface area contributed by atoms with Crippen molar-refractivity contribution in [2.45, 2.75) is 121 Å². The number of ether oxygens (including phenoxy) is 1. The van der Waals surface area contributed by atoms with Gasteiger partial charge in [-0.2, -0.15) is 0 Å². The van der Waals surface area contributed by atoms with Gasteiger partial charge in [-0.3, -0.25) is 0 Å². The highest BCUT2D eigenvalue weighted by Gasteiger charge is 2.08. The molecule has 1 aromatic rings. The van der Waals surface area contributed by atoms with E-state index in [1.807, 2.05) is 6.07 Å². The lowest BCUT2D eigenvalue weighted by Gasteiger charge is -2.14. The minimum atomic E-state index is 0.182. The molecule has 0 saturated carbocycles. The van der Waals surface area contributed by atoms with Crippen LogP contribution >= 0.6 is 11.8 Å². The highest BCUT2D eigenvalue weighted by molar-refractivity contribution is 7.99. The number of aliphatic hydroxyl groups excluding tert-OH is 1. The van der Waals surface area contributed by atoms with E-state index in [1.165, 1.54) is 102 Å². The normalized spacial score (nSPS) is 12.3. The van der Waals surface area contributed by atoms with Gasteiger partial charge in [-0.05, 0) is 12.0 Å². The topological polar surface area (TPSA) is 29.5 Å². The summed E-state index contributed by atoms with van der Waals surface area (Å²) in [6.07, 6.45) is 22.3. The summed E-state index contributed by atoms with van der Waals surface area (Å²) >= 11 is 1.79. The Labute approximate surface area is 197 Å². The predicted octanol–water partition coefficient (Wildman–Crippen LogP) is 8.56. The molecule has 0 bridgehead atoms. The second kappa shape index (κ2) is 22.7. The summed E-state index contributed by atoms with van der Waals surface area (Å²) in [6.45, 7) is 3.97. The molecule has 0 saturated heterocycles. The first kappa shape index (κ1) is 28.5. The Morgan fingerprint density at radius 2 is 1.19 bits per heavy atom. The fraction of sp³-hybridized carbons (Fsp3) is 0.786. The largest absolute Gasteiger partial charge is 0.395 e. The van der Waals surface area contributed by atoms with Gasteiger partial charge in [-0.1, -0.05) is 134 Å². The monoisotopic (exact) mass is 450 g/mol. The molecular formula is C28H50O2S. The zero-order chi connectivity index (χ0) is 22.2. The van der Waals surface area contributed by atoms with Crippen LogP contribution in [0.4, 0.5) is 0 Å². The van der Waals surface area contributed by atoms with Gasteiger partial charge in [-0.15, -0.1) is 11.8 Å². The second-order valence-corrected chi connectivity index (χ2v) is 10.3. The van der Waals surface area contributed by atoms with Crippen LogP contribution in [0, 0.1) is 0 Å². The predicted molar refractivity (Wildman–Crippen MR) is 139 cm³/mol. The lowest BCUT2D eigenvalue weighted by molar-refractivity contribution is 0.117. The van der Waals surface area contributed by atoms with E-state index in [0.29, 0.717) is 6.61 Å². The zero-order valence-corrected chi connectivity index (χ0v) is 21.2. The molecule has 0 spiro atoms. The van der Waals surface area contributed by atoms with E-state index < -0.39 is 0 Å². The van der Waals surface area contributed by atoms with Crippen LogP contribution in [0.15, 0.2) is 30.3 Å². The fourth-order valence-electron chi connectivity index (χ4n) is 3.91. The summed E-state index contributed by atoms with van der Waals surface area (Å²) in [5.74, 6) is 0.939. The molecule has 2 nitrogen and oxygen atoms in total. The molecule has 3 heteroatoms. The highest BCUT2D eigenvalue weighted by atomic mass is 32.2. The van der Waals surface area contributed by atoms with Crippen molar-refractivity contribution >= 4 is 11.8 Å². The molecular weight excluding hydrogens is 400 g/mol.